The Labute approximate surface area is 314 Å². The molecule has 1 aromatic heterocycles. The van der Waals surface area contributed by atoms with Crippen LogP contribution in [0.5, 0.6) is 11.5 Å². The molecule has 4 unspecified atom stereocenters. The largest absolute Gasteiger partial charge is 0.503 e. The minimum absolute atomic E-state index is 0.000770. The van der Waals surface area contributed by atoms with Crippen LogP contribution >= 0.6 is 23.5 Å². The molecule has 0 aliphatic rings. The predicted molar refractivity (Wildman–Crippen MR) is 189 cm³/mol. The lowest BCUT2D eigenvalue weighted by Crippen LogP contribution is -2.51. The molecule has 4 atom stereocenters. The van der Waals surface area contributed by atoms with Crippen LogP contribution in [0.1, 0.15) is 31.2 Å². The lowest BCUT2D eigenvalue weighted by molar-refractivity contribution is -0.366. The number of fused-ring (bicyclic) bond motifs is 1. The van der Waals surface area contributed by atoms with Crippen molar-refractivity contribution in [3.05, 3.63) is 11.8 Å². The number of nitrogens with one attached hydrogen (secondary N) is 5. The number of carbonyl (C=O) groups excluding carboxylic acids is 4. The van der Waals surface area contributed by atoms with E-state index in [4.69, 9.17) is 31.9 Å². The Morgan fingerprint density at radius 2 is 1.15 bits per heavy atom. The third-order valence-electron chi connectivity index (χ3n) is 7.44. The number of aromatic hydroxyl groups is 2. The zero-order valence-electron chi connectivity index (χ0n) is 28.6. The van der Waals surface area contributed by atoms with Gasteiger partial charge in [0.1, 0.15) is 37.3 Å². The van der Waals surface area contributed by atoms with E-state index in [2.05, 4.69) is 32.0 Å². The van der Waals surface area contributed by atoms with E-state index >= 15 is 0 Å². The molecule has 0 aliphatic carbocycles. The lowest BCUT2D eigenvalue weighted by atomic mass is 10.1. The number of carboxylic acid groups (broad SMARTS) is 4. The summed E-state index contributed by atoms with van der Waals surface area (Å²) >= 11 is 1.61. The van der Waals surface area contributed by atoms with Crippen molar-refractivity contribution in [2.75, 3.05) is 31.1 Å². The first-order valence-corrected chi connectivity index (χ1v) is 18.0. The van der Waals surface area contributed by atoms with Gasteiger partial charge in [-0.3, -0.25) is 38.4 Å². The molecule has 0 bridgehead atoms. The highest BCUT2D eigenvalue weighted by Crippen LogP contribution is 2.50. The van der Waals surface area contributed by atoms with Gasteiger partial charge in [0, 0.05) is 42.4 Å². The Morgan fingerprint density at radius 1 is 0.722 bits per heavy atom. The molecule has 22 nitrogen and oxygen atoms in total. The van der Waals surface area contributed by atoms with Crippen molar-refractivity contribution in [3.8, 4) is 11.5 Å². The molecule has 298 valence electrons. The fourth-order valence-electron chi connectivity index (χ4n) is 4.65. The maximum absolute atomic E-state index is 12.9. The molecule has 24 heteroatoms. The molecule has 0 radical (unpaired) electrons. The average molecular weight is 804 g/mol. The van der Waals surface area contributed by atoms with Crippen LogP contribution in [0.15, 0.2) is 16.0 Å². The van der Waals surface area contributed by atoms with Gasteiger partial charge in [0.25, 0.3) is 0 Å². The summed E-state index contributed by atoms with van der Waals surface area (Å²) in [6.07, 6.45) is 0.598. The highest BCUT2D eigenvalue weighted by Gasteiger charge is 2.29. The Hall–Kier alpha value is -5.30. The van der Waals surface area contributed by atoms with E-state index in [1.54, 1.807) is 6.20 Å². The molecule has 2 rings (SSSR count). The van der Waals surface area contributed by atoms with Gasteiger partial charge in [-0.1, -0.05) is 0 Å². The number of quaternary nitrogens is 1. The van der Waals surface area contributed by atoms with Crippen molar-refractivity contribution in [1.82, 2.24) is 26.3 Å². The summed E-state index contributed by atoms with van der Waals surface area (Å²) in [6.45, 7) is -1.21. The fourth-order valence-corrected chi connectivity index (χ4v) is 6.93. The molecule has 0 aliphatic heterocycles. The van der Waals surface area contributed by atoms with E-state index < -0.39 is 96.3 Å². The smallest absolute Gasteiger partial charge is 0.322 e. The normalized spacial score (nSPS) is 13.2. The number of hydrogen-bond donors (Lipinski definition) is 14. The summed E-state index contributed by atoms with van der Waals surface area (Å²) in [6, 6.07) is -5.55. The van der Waals surface area contributed by atoms with Crippen LogP contribution in [0, 0.1) is 0 Å². The predicted octanol–water partition coefficient (Wildman–Crippen LogP) is -3.70. The number of hydrogen-bond acceptors (Lipinski definition) is 14. The van der Waals surface area contributed by atoms with Gasteiger partial charge < -0.3 is 74.1 Å². The summed E-state index contributed by atoms with van der Waals surface area (Å²) in [7, 11) is 0. The Balaban J connectivity index is 2.46. The van der Waals surface area contributed by atoms with Crippen molar-refractivity contribution >= 4 is 81.9 Å². The van der Waals surface area contributed by atoms with Crippen LogP contribution in [0.2, 0.25) is 0 Å². The number of carboxylic acids is 4. The number of H-pyrrole nitrogens is 1. The molecule has 0 saturated heterocycles. The Morgan fingerprint density at radius 3 is 1.56 bits per heavy atom. The summed E-state index contributed by atoms with van der Waals surface area (Å²) in [5, 5.41) is 68.0. The van der Waals surface area contributed by atoms with Crippen LogP contribution in [0.4, 0.5) is 0 Å². The summed E-state index contributed by atoms with van der Waals surface area (Å²) < 4.78 is 0. The first-order chi connectivity index (χ1) is 25.4. The van der Waals surface area contributed by atoms with Crippen molar-refractivity contribution in [2.24, 2.45) is 11.5 Å². The quantitative estimate of drug-likeness (QED) is 0.0359. The van der Waals surface area contributed by atoms with Crippen LogP contribution < -0.4 is 38.5 Å². The van der Waals surface area contributed by atoms with Gasteiger partial charge in [-0.2, -0.15) is 0 Å². The molecule has 0 fully saturated rings. The molecule has 0 spiro atoms. The van der Waals surface area contributed by atoms with Gasteiger partial charge in [0.05, 0.1) is 21.9 Å². The average Bonchev–Trinajstić information content (AvgIpc) is 3.52. The van der Waals surface area contributed by atoms with Gasteiger partial charge in [0.2, 0.25) is 23.6 Å². The number of phenolic OH excluding ortho intramolecular Hbond substituents is 2. The number of thioether (sulfide) groups is 2. The number of rotatable bonds is 24. The van der Waals surface area contributed by atoms with E-state index in [0.717, 1.165) is 23.5 Å². The standard InChI is InChI=1S/C30H42N8O14S2/c31-6-5-12-7-34-22-21(12)25(53-10-15(27(47)35-8-19(41)42)37-17(39)3-1-13(32)29(49)50)23(45)24(46)26(22)54-11-16(28(48)36-9-20(43)44)38-18(40)4-2-14(33)30(51)52/h7,13-16,34,45-46H,1-6,8-11,31-33H2,(H,35,47)(H,36,48)(H,37,39)(H,38,40)(H,41,42)(H,43,44)(H,49,50)(H,51,52)/p+1. The molecule has 54 heavy (non-hydrogen) atoms. The molecule has 18 N–H and O–H groups in total. The number of aliphatic carboxylic acids is 4. The molecule has 4 amide bonds. The van der Waals surface area contributed by atoms with Crippen LogP contribution in [-0.4, -0.2) is 138 Å². The second-order valence-electron chi connectivity index (χ2n) is 11.6. The van der Waals surface area contributed by atoms with Crippen LogP contribution in [-0.2, 0) is 44.8 Å². The highest BCUT2D eigenvalue weighted by atomic mass is 32.2. The Kier molecular flexibility index (Phi) is 17.8. The molecule has 1 aromatic carbocycles. The number of aromatic nitrogens is 1. The minimum atomic E-state index is -1.42. The van der Waals surface area contributed by atoms with Gasteiger partial charge in [-0.25, -0.2) is 0 Å². The van der Waals surface area contributed by atoms with E-state index in [1.807, 2.05) is 0 Å². The van der Waals surface area contributed by atoms with Gasteiger partial charge >= 0.3 is 23.9 Å². The zero-order chi connectivity index (χ0) is 40.7. The third-order valence-corrected chi connectivity index (χ3v) is 9.81. The maximum atomic E-state index is 12.9. The first-order valence-electron chi connectivity index (χ1n) is 16.0. The SMILES string of the molecule is NC(CCC(=O)NC(CSc1c(O)c(O)c(SCC(NC(=O)CCC(N)C(=O)O)C(=O)NCC(=O)O)c2c(CC[NH3+])c[nH]c12)C(=O)NCC(=O)O)C(=O)O. The fraction of sp³-hybridized carbons (Fsp3) is 0.467. The van der Waals surface area contributed by atoms with E-state index in [1.165, 1.54) is 0 Å². The van der Waals surface area contributed by atoms with Gasteiger partial charge in [0.15, 0.2) is 11.5 Å². The molecule has 2 aromatic rings. The number of phenols is 2. The van der Waals surface area contributed by atoms with Crippen LogP contribution in [0.3, 0.4) is 0 Å². The summed E-state index contributed by atoms with van der Waals surface area (Å²) in [5.74, 6) is -10.9. The van der Waals surface area contributed by atoms with E-state index in [0.29, 0.717) is 23.9 Å². The van der Waals surface area contributed by atoms with Gasteiger partial charge in [-0.15, -0.1) is 23.5 Å². The number of aromatic amines is 1. The van der Waals surface area contributed by atoms with E-state index in [-0.39, 0.29) is 52.5 Å². The topological polar surface area (TPSA) is 402 Å². The number of nitrogens with two attached hydrogens (primary N) is 2. The number of amides is 4. The van der Waals surface area contributed by atoms with Crippen LogP contribution in [0.25, 0.3) is 10.9 Å². The van der Waals surface area contributed by atoms with Crippen molar-refractivity contribution in [3.63, 3.8) is 0 Å². The maximum Gasteiger partial charge on any atom is 0.322 e. The summed E-state index contributed by atoms with van der Waals surface area (Å²) in [5.41, 5.74) is 15.6. The first kappa shape index (κ1) is 44.9. The number of carbonyl (C=O) groups is 8. The monoisotopic (exact) mass is 803 g/mol. The molecule has 1 heterocycles. The number of benzene rings is 1. The van der Waals surface area contributed by atoms with E-state index in [9.17, 15) is 48.6 Å². The lowest BCUT2D eigenvalue weighted by Gasteiger charge is -2.21. The van der Waals surface area contributed by atoms with Crippen molar-refractivity contribution in [2.45, 2.75) is 66.1 Å². The second-order valence-corrected chi connectivity index (χ2v) is 13.6. The Bertz CT molecular complexity index is 1740. The molecular formula is C30H43N8O14S2+. The summed E-state index contributed by atoms with van der Waals surface area (Å²) in [4.78, 5) is 98.3. The zero-order valence-corrected chi connectivity index (χ0v) is 30.2. The van der Waals surface area contributed by atoms with Crippen molar-refractivity contribution in [1.29, 1.82) is 0 Å². The highest BCUT2D eigenvalue weighted by molar-refractivity contribution is 8.00. The van der Waals surface area contributed by atoms with Gasteiger partial charge in [-0.05, 0) is 18.4 Å². The molecular weight excluding hydrogens is 761 g/mol. The van der Waals surface area contributed by atoms with Crippen molar-refractivity contribution < 1.29 is 74.7 Å². The molecule has 0 saturated carbocycles. The minimum Gasteiger partial charge on any atom is -0.503 e. The second kappa shape index (κ2) is 21.4. The third kappa shape index (κ3) is 13.6.